The Labute approximate surface area is 207 Å². The van der Waals surface area contributed by atoms with Gasteiger partial charge in [-0.05, 0) is 43.9 Å². The lowest BCUT2D eigenvalue weighted by Gasteiger charge is -2.41. The highest BCUT2D eigenvalue weighted by Gasteiger charge is 2.52. The van der Waals surface area contributed by atoms with Crippen molar-refractivity contribution >= 4 is 21.6 Å². The molecule has 0 saturated carbocycles. The third-order valence-electron chi connectivity index (χ3n) is 6.54. The third kappa shape index (κ3) is 7.41. The van der Waals surface area contributed by atoms with Crippen LogP contribution in [-0.4, -0.2) is 88.3 Å². The van der Waals surface area contributed by atoms with Crippen molar-refractivity contribution in [3.63, 3.8) is 0 Å². The molecule has 8 nitrogen and oxygen atoms in total. The van der Waals surface area contributed by atoms with Gasteiger partial charge in [-0.1, -0.05) is 39.3 Å². The monoisotopic (exact) mass is 498 g/mol. The largest absolute Gasteiger partial charge is 0.383 e. The minimum atomic E-state index is -3.89. The van der Waals surface area contributed by atoms with Crippen LogP contribution in [0.25, 0.3) is 0 Å². The molecule has 0 atom stereocenters. The van der Waals surface area contributed by atoms with Crippen LogP contribution in [0, 0.1) is 0 Å². The first-order valence-corrected chi connectivity index (χ1v) is 14.0. The number of likely N-dealkylation sites (N-methyl/N-ethyl adjacent to an activating group) is 2. The number of methoxy groups -OCH3 is 1. The zero-order valence-electron chi connectivity index (χ0n) is 22.0. The number of benzene rings is 1. The number of hydrogen-bond acceptors (Lipinski definition) is 6. The van der Waals surface area contributed by atoms with Crippen LogP contribution in [0.3, 0.4) is 0 Å². The van der Waals surface area contributed by atoms with Gasteiger partial charge in [-0.3, -0.25) is 4.79 Å². The van der Waals surface area contributed by atoms with Crippen LogP contribution >= 0.6 is 0 Å². The summed E-state index contributed by atoms with van der Waals surface area (Å²) in [5.41, 5.74) is 8.05. The Balaban J connectivity index is 0.00000281. The number of nitrogens with two attached hydrogens (primary N) is 1. The summed E-state index contributed by atoms with van der Waals surface area (Å²) in [6.45, 7) is 12.1. The highest BCUT2D eigenvalue weighted by molar-refractivity contribution is 7.91. The third-order valence-corrected chi connectivity index (χ3v) is 9.14. The summed E-state index contributed by atoms with van der Waals surface area (Å²) in [6.07, 6.45) is 2.56. The minimum absolute atomic E-state index is 0.203. The molecule has 0 aromatic heterocycles. The van der Waals surface area contributed by atoms with E-state index in [1.54, 1.807) is 14.2 Å². The van der Waals surface area contributed by atoms with E-state index < -0.39 is 20.7 Å². The Morgan fingerprint density at radius 1 is 1.12 bits per heavy atom. The van der Waals surface area contributed by atoms with Gasteiger partial charge in [0.25, 0.3) is 0 Å². The molecule has 1 fully saturated rings. The van der Waals surface area contributed by atoms with Gasteiger partial charge in [0, 0.05) is 59.1 Å². The van der Waals surface area contributed by atoms with E-state index in [1.807, 2.05) is 13.8 Å². The highest BCUT2D eigenvalue weighted by Crippen LogP contribution is 2.32. The van der Waals surface area contributed by atoms with Crippen LogP contribution in [-0.2, 0) is 26.0 Å². The predicted octanol–water partition coefficient (Wildman–Crippen LogP) is 2.72. The number of rotatable bonds is 13. The van der Waals surface area contributed by atoms with Crippen molar-refractivity contribution in [3.05, 3.63) is 29.8 Å². The number of nitrogens with zero attached hydrogens (tertiary/aromatic N) is 3. The fourth-order valence-corrected chi connectivity index (χ4v) is 6.17. The van der Waals surface area contributed by atoms with Gasteiger partial charge >= 0.3 is 0 Å². The topological polar surface area (TPSA) is 96.2 Å². The van der Waals surface area contributed by atoms with Crippen molar-refractivity contribution < 1.29 is 17.9 Å². The van der Waals surface area contributed by atoms with Gasteiger partial charge in [0.1, 0.15) is 0 Å². The van der Waals surface area contributed by atoms with E-state index in [0.29, 0.717) is 32.8 Å². The zero-order valence-corrected chi connectivity index (χ0v) is 22.9. The average molecular weight is 499 g/mol. The van der Waals surface area contributed by atoms with Gasteiger partial charge < -0.3 is 20.3 Å². The second-order valence-corrected chi connectivity index (χ2v) is 10.9. The minimum Gasteiger partial charge on any atom is -0.383 e. The maximum atomic E-state index is 13.5. The molecule has 2 N–H and O–H groups in total. The molecule has 196 valence electrons. The van der Waals surface area contributed by atoms with E-state index in [4.69, 9.17) is 10.5 Å². The first kappa shape index (κ1) is 30.4. The molecule has 1 aliphatic rings. The fraction of sp³-hybridized carbons (Fsp3) is 0.720. The molecule has 1 aromatic carbocycles. The SMILES string of the molecule is CC.CCCc1ccc(N(CC)CCN(C)S(=O)(=O)C2(C(N)=O)CCN(CCOC)CC2)cc1. The molecule has 9 heteroatoms. The number of primary amides is 1. The van der Waals surface area contributed by atoms with E-state index in [0.717, 1.165) is 25.1 Å². The Kier molecular flexibility index (Phi) is 13.1. The number of anilines is 1. The second kappa shape index (κ2) is 14.7. The van der Waals surface area contributed by atoms with E-state index in [-0.39, 0.29) is 19.4 Å². The molecular weight excluding hydrogens is 452 g/mol. The quantitative estimate of drug-likeness (QED) is 0.449. The van der Waals surface area contributed by atoms with E-state index >= 15 is 0 Å². The van der Waals surface area contributed by atoms with Crippen LogP contribution in [0.1, 0.15) is 52.5 Å². The lowest BCUT2D eigenvalue weighted by atomic mass is 9.95. The summed E-state index contributed by atoms with van der Waals surface area (Å²) in [5, 5.41) is 0. The molecule has 0 radical (unpaired) electrons. The summed E-state index contributed by atoms with van der Waals surface area (Å²) in [7, 11) is -0.707. The molecule has 1 aromatic rings. The molecule has 34 heavy (non-hydrogen) atoms. The van der Waals surface area contributed by atoms with Crippen molar-refractivity contribution in [3.8, 4) is 0 Å². The lowest BCUT2D eigenvalue weighted by Crippen LogP contribution is -2.61. The molecular formula is C25H46N4O4S. The number of piperidine rings is 1. The smallest absolute Gasteiger partial charge is 0.240 e. The van der Waals surface area contributed by atoms with E-state index in [2.05, 4.69) is 47.9 Å². The predicted molar refractivity (Wildman–Crippen MR) is 141 cm³/mol. The number of ether oxygens (including phenoxy) is 1. The standard InChI is InChI=1S/C23H40N4O4S.C2H6/c1-5-7-20-8-10-21(11-9-20)27(6-2)17-16-25(3)32(29,30)23(22(24)28)12-14-26(15-13-23)18-19-31-4;1-2/h8-11H,5-7,12-19H2,1-4H3,(H2,24,28);1-2H3. The Hall–Kier alpha value is -1.68. The summed E-state index contributed by atoms with van der Waals surface area (Å²) >= 11 is 0. The molecule has 0 aliphatic carbocycles. The summed E-state index contributed by atoms with van der Waals surface area (Å²) in [5.74, 6) is -0.755. The molecule has 1 saturated heterocycles. The van der Waals surface area contributed by atoms with Crippen LogP contribution < -0.4 is 10.6 Å². The van der Waals surface area contributed by atoms with Crippen LogP contribution in [0.4, 0.5) is 5.69 Å². The fourth-order valence-electron chi connectivity index (χ4n) is 4.30. The van der Waals surface area contributed by atoms with Crippen LogP contribution in [0.5, 0.6) is 0 Å². The number of hydrogen-bond donors (Lipinski definition) is 1. The van der Waals surface area contributed by atoms with E-state index in [1.165, 1.54) is 9.87 Å². The number of carbonyl (C=O) groups excluding carboxylic acids is 1. The van der Waals surface area contributed by atoms with Crippen molar-refractivity contribution in [2.45, 2.75) is 58.1 Å². The van der Waals surface area contributed by atoms with Crippen LogP contribution in [0.15, 0.2) is 24.3 Å². The van der Waals surface area contributed by atoms with Gasteiger partial charge in [0.15, 0.2) is 4.75 Å². The highest BCUT2D eigenvalue weighted by atomic mass is 32.2. The van der Waals surface area contributed by atoms with Crippen LogP contribution in [0.2, 0.25) is 0 Å². The maximum absolute atomic E-state index is 13.5. The van der Waals surface area contributed by atoms with Gasteiger partial charge in [-0.2, -0.15) is 0 Å². The molecule has 0 unspecified atom stereocenters. The molecule has 1 aliphatic heterocycles. The first-order valence-electron chi connectivity index (χ1n) is 12.5. The molecule has 1 amide bonds. The van der Waals surface area contributed by atoms with Gasteiger partial charge in [0.05, 0.1) is 6.61 Å². The number of sulfonamides is 1. The molecule has 1 heterocycles. The van der Waals surface area contributed by atoms with Gasteiger partial charge in [-0.15, -0.1) is 0 Å². The Morgan fingerprint density at radius 3 is 2.18 bits per heavy atom. The molecule has 2 rings (SSSR count). The lowest BCUT2D eigenvalue weighted by molar-refractivity contribution is -0.121. The van der Waals surface area contributed by atoms with Crippen molar-refractivity contribution in [2.24, 2.45) is 5.73 Å². The maximum Gasteiger partial charge on any atom is 0.240 e. The summed E-state index contributed by atoms with van der Waals surface area (Å²) < 4.78 is 31.8. The second-order valence-electron chi connectivity index (χ2n) is 8.52. The Bertz CT molecular complexity index is 822. The van der Waals surface area contributed by atoms with Crippen molar-refractivity contribution in [2.75, 3.05) is 64.9 Å². The number of amides is 1. The van der Waals surface area contributed by atoms with Gasteiger partial charge in [0.2, 0.25) is 15.9 Å². The number of likely N-dealkylation sites (tertiary alicyclic amines) is 1. The normalized spacial score (nSPS) is 16.1. The van der Waals surface area contributed by atoms with E-state index in [9.17, 15) is 13.2 Å². The Morgan fingerprint density at radius 2 is 1.71 bits per heavy atom. The van der Waals surface area contributed by atoms with Crippen molar-refractivity contribution in [1.29, 1.82) is 0 Å². The zero-order chi connectivity index (χ0) is 25.8. The average Bonchev–Trinajstić information content (AvgIpc) is 2.85. The number of carbonyl (C=O) groups is 1. The summed E-state index contributed by atoms with van der Waals surface area (Å²) in [6, 6.07) is 8.43. The summed E-state index contributed by atoms with van der Waals surface area (Å²) in [4.78, 5) is 16.7. The number of aryl methyl sites for hydroxylation is 1. The van der Waals surface area contributed by atoms with Gasteiger partial charge in [-0.25, -0.2) is 12.7 Å². The molecule has 0 spiro atoms. The molecule has 0 bridgehead atoms. The first-order chi connectivity index (χ1) is 16.2. The van der Waals surface area contributed by atoms with Crippen molar-refractivity contribution in [1.82, 2.24) is 9.21 Å².